The van der Waals surface area contributed by atoms with Crippen LogP contribution in [0.4, 0.5) is 0 Å². The number of aromatic nitrogens is 1. The molecule has 1 aromatic rings. The van der Waals surface area contributed by atoms with E-state index >= 15 is 0 Å². The molecule has 0 radical (unpaired) electrons. The number of nitrogens with one attached hydrogen (secondary N) is 1. The summed E-state index contributed by atoms with van der Waals surface area (Å²) in [6.45, 7) is 0.786. The maximum Gasteiger partial charge on any atom is 0.0462 e. The second-order valence-electron chi connectivity index (χ2n) is 3.56. The van der Waals surface area contributed by atoms with E-state index in [0.29, 0.717) is 6.04 Å². The van der Waals surface area contributed by atoms with Crippen LogP contribution in [0.3, 0.4) is 0 Å². The normalized spacial score (nSPS) is 12.7. The highest BCUT2D eigenvalue weighted by Gasteiger charge is 2.06. The minimum Gasteiger partial charge on any atom is -0.385 e. The fraction of sp³-hybridized carbons (Fsp3) is 0.545. The Labute approximate surface area is 90.8 Å². The lowest BCUT2D eigenvalue weighted by Gasteiger charge is -2.15. The Morgan fingerprint density at radius 2 is 2.20 bits per heavy atom. The molecule has 3 N–H and O–H groups in total. The lowest BCUT2D eigenvalue weighted by molar-refractivity contribution is 0.188. The molecule has 0 spiro atoms. The van der Waals surface area contributed by atoms with Crippen LogP contribution in [0.15, 0.2) is 24.5 Å². The molecule has 0 bridgehead atoms. The second-order valence-corrected chi connectivity index (χ2v) is 3.56. The van der Waals surface area contributed by atoms with Gasteiger partial charge in [-0.1, -0.05) is 0 Å². The van der Waals surface area contributed by atoms with Crippen molar-refractivity contribution in [2.24, 2.45) is 5.84 Å². The van der Waals surface area contributed by atoms with Crippen molar-refractivity contribution in [1.29, 1.82) is 0 Å². The van der Waals surface area contributed by atoms with Crippen LogP contribution < -0.4 is 11.3 Å². The first-order chi connectivity index (χ1) is 7.36. The average molecular weight is 209 g/mol. The lowest BCUT2D eigenvalue weighted by atomic mass is 10.0. The van der Waals surface area contributed by atoms with E-state index in [1.54, 1.807) is 19.5 Å². The molecule has 1 atom stereocenters. The molecule has 0 saturated carbocycles. The van der Waals surface area contributed by atoms with Crippen molar-refractivity contribution in [1.82, 2.24) is 10.4 Å². The molecule has 1 rings (SSSR count). The van der Waals surface area contributed by atoms with Crippen molar-refractivity contribution >= 4 is 0 Å². The molecule has 4 heteroatoms. The van der Waals surface area contributed by atoms with Gasteiger partial charge in [-0.05, 0) is 37.0 Å². The SMILES string of the molecule is COCCCC(Cc1ccncc1)NN. The molecule has 1 heterocycles. The standard InChI is InChI=1S/C11H19N3O/c1-15-8-2-3-11(14-12)9-10-4-6-13-7-5-10/h4-7,11,14H,2-3,8-9,12H2,1H3. The van der Waals surface area contributed by atoms with Crippen LogP contribution in [0, 0.1) is 0 Å². The number of hydrogen-bond acceptors (Lipinski definition) is 4. The number of methoxy groups -OCH3 is 1. The molecule has 1 aromatic heterocycles. The molecule has 4 nitrogen and oxygen atoms in total. The molecule has 0 aliphatic rings. The summed E-state index contributed by atoms with van der Waals surface area (Å²) < 4.78 is 5.01. The van der Waals surface area contributed by atoms with Gasteiger partial charge >= 0.3 is 0 Å². The number of nitrogens with two attached hydrogens (primary N) is 1. The van der Waals surface area contributed by atoms with Gasteiger partial charge < -0.3 is 4.74 Å². The lowest BCUT2D eigenvalue weighted by Crippen LogP contribution is -2.36. The predicted octanol–water partition coefficient (Wildman–Crippen LogP) is 0.883. The Hall–Kier alpha value is -0.970. The largest absolute Gasteiger partial charge is 0.385 e. The fourth-order valence-electron chi connectivity index (χ4n) is 1.52. The Balaban J connectivity index is 2.33. The van der Waals surface area contributed by atoms with Crippen molar-refractivity contribution in [3.63, 3.8) is 0 Å². The van der Waals surface area contributed by atoms with E-state index in [-0.39, 0.29) is 0 Å². The van der Waals surface area contributed by atoms with Crippen LogP contribution in [0.5, 0.6) is 0 Å². The minimum absolute atomic E-state index is 0.308. The van der Waals surface area contributed by atoms with Gasteiger partial charge in [0.25, 0.3) is 0 Å². The number of ether oxygens (including phenoxy) is 1. The molecule has 1 unspecified atom stereocenters. The van der Waals surface area contributed by atoms with E-state index < -0.39 is 0 Å². The summed E-state index contributed by atoms with van der Waals surface area (Å²) in [5, 5.41) is 0. The van der Waals surface area contributed by atoms with E-state index in [0.717, 1.165) is 25.9 Å². The van der Waals surface area contributed by atoms with Gasteiger partial charge in [0.15, 0.2) is 0 Å². The summed E-state index contributed by atoms with van der Waals surface area (Å²) in [5.74, 6) is 5.50. The Kier molecular flexibility index (Phi) is 5.92. The van der Waals surface area contributed by atoms with E-state index in [1.165, 1.54) is 5.56 Å². The van der Waals surface area contributed by atoms with Crippen molar-refractivity contribution in [2.75, 3.05) is 13.7 Å². The van der Waals surface area contributed by atoms with Gasteiger partial charge in [0.1, 0.15) is 0 Å². The van der Waals surface area contributed by atoms with Gasteiger partial charge in [-0.25, -0.2) is 0 Å². The quantitative estimate of drug-likeness (QED) is 0.397. The summed E-state index contributed by atoms with van der Waals surface area (Å²) in [6.07, 6.45) is 6.59. The third-order valence-electron chi connectivity index (χ3n) is 2.37. The third kappa shape index (κ3) is 4.88. The Bertz CT molecular complexity index is 253. The molecular weight excluding hydrogens is 190 g/mol. The van der Waals surface area contributed by atoms with Gasteiger partial charge in [-0.3, -0.25) is 16.3 Å². The van der Waals surface area contributed by atoms with Crippen LogP contribution >= 0.6 is 0 Å². The van der Waals surface area contributed by atoms with E-state index in [1.807, 2.05) is 12.1 Å². The van der Waals surface area contributed by atoms with Gasteiger partial charge in [-0.2, -0.15) is 0 Å². The summed E-state index contributed by atoms with van der Waals surface area (Å²) in [5.41, 5.74) is 4.09. The monoisotopic (exact) mass is 209 g/mol. The Morgan fingerprint density at radius 3 is 2.80 bits per heavy atom. The molecular formula is C11H19N3O. The van der Waals surface area contributed by atoms with Crippen LogP contribution in [-0.2, 0) is 11.2 Å². The number of hydrazine groups is 1. The molecule has 0 fully saturated rings. The zero-order valence-corrected chi connectivity index (χ0v) is 9.15. The van der Waals surface area contributed by atoms with Gasteiger partial charge in [0.2, 0.25) is 0 Å². The van der Waals surface area contributed by atoms with Gasteiger partial charge in [0, 0.05) is 32.2 Å². The van der Waals surface area contributed by atoms with E-state index in [9.17, 15) is 0 Å². The zero-order valence-electron chi connectivity index (χ0n) is 9.15. The van der Waals surface area contributed by atoms with Crippen LogP contribution in [0.1, 0.15) is 18.4 Å². The molecule has 15 heavy (non-hydrogen) atoms. The highest BCUT2D eigenvalue weighted by Crippen LogP contribution is 2.06. The summed E-state index contributed by atoms with van der Waals surface area (Å²) >= 11 is 0. The van der Waals surface area contributed by atoms with Crippen molar-refractivity contribution in [2.45, 2.75) is 25.3 Å². The molecule has 84 valence electrons. The van der Waals surface area contributed by atoms with Crippen LogP contribution in [0.25, 0.3) is 0 Å². The summed E-state index contributed by atoms with van der Waals surface area (Å²) in [4.78, 5) is 3.98. The number of nitrogens with zero attached hydrogens (tertiary/aromatic N) is 1. The molecule has 0 aliphatic heterocycles. The minimum atomic E-state index is 0.308. The molecule has 0 saturated heterocycles. The zero-order chi connectivity index (χ0) is 10.9. The first kappa shape index (κ1) is 12.1. The summed E-state index contributed by atoms with van der Waals surface area (Å²) in [7, 11) is 1.72. The number of rotatable bonds is 7. The van der Waals surface area contributed by atoms with Crippen LogP contribution in [-0.4, -0.2) is 24.7 Å². The number of pyridine rings is 1. The van der Waals surface area contributed by atoms with E-state index in [4.69, 9.17) is 10.6 Å². The average Bonchev–Trinajstić information content (AvgIpc) is 2.29. The highest BCUT2D eigenvalue weighted by atomic mass is 16.5. The predicted molar refractivity (Wildman–Crippen MR) is 60.2 cm³/mol. The summed E-state index contributed by atoms with van der Waals surface area (Å²) in [6, 6.07) is 4.34. The van der Waals surface area contributed by atoms with E-state index in [2.05, 4.69) is 10.4 Å². The van der Waals surface area contributed by atoms with Gasteiger partial charge in [-0.15, -0.1) is 0 Å². The smallest absolute Gasteiger partial charge is 0.0462 e. The molecule has 0 aliphatic carbocycles. The van der Waals surface area contributed by atoms with Gasteiger partial charge in [0.05, 0.1) is 0 Å². The maximum absolute atomic E-state index is 5.50. The highest BCUT2D eigenvalue weighted by molar-refractivity contribution is 5.11. The van der Waals surface area contributed by atoms with Crippen LogP contribution in [0.2, 0.25) is 0 Å². The molecule has 0 aromatic carbocycles. The van der Waals surface area contributed by atoms with Crippen molar-refractivity contribution in [3.8, 4) is 0 Å². The number of hydrogen-bond donors (Lipinski definition) is 2. The fourth-order valence-corrected chi connectivity index (χ4v) is 1.52. The van der Waals surface area contributed by atoms with Crippen molar-refractivity contribution in [3.05, 3.63) is 30.1 Å². The van der Waals surface area contributed by atoms with Crippen molar-refractivity contribution < 1.29 is 4.74 Å². The molecule has 0 amide bonds. The Morgan fingerprint density at radius 1 is 1.47 bits per heavy atom. The third-order valence-corrected chi connectivity index (χ3v) is 2.37. The first-order valence-corrected chi connectivity index (χ1v) is 5.20. The topological polar surface area (TPSA) is 60.2 Å². The first-order valence-electron chi connectivity index (χ1n) is 5.20. The second kappa shape index (κ2) is 7.34. The maximum atomic E-state index is 5.50.